The van der Waals surface area contributed by atoms with E-state index in [0.717, 1.165) is 13.1 Å². The van der Waals surface area contributed by atoms with Crippen LogP contribution in [0.25, 0.3) is 0 Å². The van der Waals surface area contributed by atoms with Crippen LogP contribution in [-0.2, 0) is 0 Å². The Morgan fingerprint density at radius 1 is 1.15 bits per heavy atom. The number of rotatable bonds is 5. The van der Waals surface area contributed by atoms with Crippen LogP contribution >= 0.6 is 0 Å². The van der Waals surface area contributed by atoms with Crippen LogP contribution in [0.2, 0.25) is 0 Å². The highest BCUT2D eigenvalue weighted by atomic mass is 15.2. The number of nitrogens with zero attached hydrogens (tertiary/aromatic N) is 3. The molecule has 3 heteroatoms. The molecule has 1 heterocycles. The van der Waals surface area contributed by atoms with E-state index in [2.05, 4.69) is 28.9 Å². The normalized spacial score (nSPS) is 10.0. The van der Waals surface area contributed by atoms with Gasteiger partial charge in [-0.2, -0.15) is 10.2 Å². The first kappa shape index (κ1) is 9.96. The highest BCUT2D eigenvalue weighted by molar-refractivity contribution is 5.42. The molecule has 1 aromatic heterocycles. The molecular formula is C10H17N3. The van der Waals surface area contributed by atoms with Gasteiger partial charge in [0, 0.05) is 13.1 Å². The van der Waals surface area contributed by atoms with E-state index in [4.69, 9.17) is 0 Å². The van der Waals surface area contributed by atoms with Crippen molar-refractivity contribution in [1.82, 2.24) is 10.2 Å². The van der Waals surface area contributed by atoms with Gasteiger partial charge < -0.3 is 4.90 Å². The summed E-state index contributed by atoms with van der Waals surface area (Å²) in [6, 6.07) is 2.01. The third-order valence-electron chi connectivity index (χ3n) is 1.92. The Bertz CT molecular complexity index is 217. The molecule has 1 rings (SSSR count). The van der Waals surface area contributed by atoms with Crippen molar-refractivity contribution in [3.05, 3.63) is 18.5 Å². The van der Waals surface area contributed by atoms with Gasteiger partial charge in [0.25, 0.3) is 0 Å². The fourth-order valence-corrected chi connectivity index (χ4v) is 1.38. The Morgan fingerprint density at radius 2 is 1.85 bits per heavy atom. The monoisotopic (exact) mass is 179 g/mol. The summed E-state index contributed by atoms with van der Waals surface area (Å²) in [5.74, 6) is 0. The number of aromatic nitrogens is 2. The van der Waals surface area contributed by atoms with Gasteiger partial charge in [-0.25, -0.2) is 0 Å². The summed E-state index contributed by atoms with van der Waals surface area (Å²) >= 11 is 0. The van der Waals surface area contributed by atoms with E-state index in [9.17, 15) is 0 Å². The minimum Gasteiger partial charge on any atom is -0.370 e. The van der Waals surface area contributed by atoms with Gasteiger partial charge in [-0.1, -0.05) is 13.8 Å². The van der Waals surface area contributed by atoms with E-state index >= 15 is 0 Å². The minimum absolute atomic E-state index is 1.10. The van der Waals surface area contributed by atoms with Crippen LogP contribution in [-0.4, -0.2) is 23.3 Å². The molecule has 0 fully saturated rings. The maximum Gasteiger partial charge on any atom is 0.0729 e. The fourth-order valence-electron chi connectivity index (χ4n) is 1.38. The molecule has 0 radical (unpaired) electrons. The van der Waals surface area contributed by atoms with Crippen molar-refractivity contribution in [3.63, 3.8) is 0 Å². The maximum absolute atomic E-state index is 3.88. The number of hydrogen-bond donors (Lipinski definition) is 0. The van der Waals surface area contributed by atoms with Crippen molar-refractivity contribution < 1.29 is 0 Å². The van der Waals surface area contributed by atoms with Crippen molar-refractivity contribution in [2.45, 2.75) is 26.7 Å². The molecule has 72 valence electrons. The van der Waals surface area contributed by atoms with Crippen LogP contribution in [0.5, 0.6) is 0 Å². The molecule has 13 heavy (non-hydrogen) atoms. The second kappa shape index (κ2) is 5.51. The third-order valence-corrected chi connectivity index (χ3v) is 1.92. The minimum atomic E-state index is 1.10. The smallest absolute Gasteiger partial charge is 0.0729 e. The molecule has 0 saturated carbocycles. The molecule has 0 amide bonds. The lowest BCUT2D eigenvalue weighted by molar-refractivity contribution is 0.741. The van der Waals surface area contributed by atoms with Crippen molar-refractivity contribution in [2.75, 3.05) is 18.0 Å². The molecule has 3 nitrogen and oxygen atoms in total. The SMILES string of the molecule is CCCN(CCC)c1ccnnc1. The first-order chi connectivity index (χ1) is 6.38. The lowest BCUT2D eigenvalue weighted by Crippen LogP contribution is -2.24. The van der Waals surface area contributed by atoms with Gasteiger partial charge >= 0.3 is 0 Å². The highest BCUT2D eigenvalue weighted by Crippen LogP contribution is 2.11. The van der Waals surface area contributed by atoms with E-state index in [0.29, 0.717) is 0 Å². The zero-order valence-electron chi connectivity index (χ0n) is 8.40. The molecule has 0 N–H and O–H groups in total. The standard InChI is InChI=1S/C10H17N3/c1-3-7-13(8-4-2)10-5-6-11-12-9-10/h5-6,9H,3-4,7-8H2,1-2H3. The summed E-state index contributed by atoms with van der Waals surface area (Å²) in [5, 5.41) is 7.65. The molecule has 0 spiro atoms. The van der Waals surface area contributed by atoms with E-state index < -0.39 is 0 Å². The second-order valence-electron chi connectivity index (χ2n) is 3.09. The van der Waals surface area contributed by atoms with Crippen molar-refractivity contribution in [2.24, 2.45) is 0 Å². The van der Waals surface area contributed by atoms with Crippen molar-refractivity contribution >= 4 is 5.69 Å². The molecule has 0 aliphatic rings. The summed E-state index contributed by atoms with van der Waals surface area (Å²) in [4.78, 5) is 2.34. The average molecular weight is 179 g/mol. The van der Waals surface area contributed by atoms with E-state index in [1.54, 1.807) is 6.20 Å². The molecule has 0 aliphatic carbocycles. The van der Waals surface area contributed by atoms with Gasteiger partial charge in [-0.3, -0.25) is 0 Å². The summed E-state index contributed by atoms with van der Waals surface area (Å²) in [5.41, 5.74) is 1.18. The summed E-state index contributed by atoms with van der Waals surface area (Å²) < 4.78 is 0. The Kier molecular flexibility index (Phi) is 4.23. The zero-order chi connectivity index (χ0) is 9.52. The van der Waals surface area contributed by atoms with Gasteiger partial charge in [-0.05, 0) is 18.9 Å². The molecule has 0 bridgehead atoms. The molecule has 0 aromatic carbocycles. The first-order valence-electron chi connectivity index (χ1n) is 4.90. The first-order valence-corrected chi connectivity index (χ1v) is 4.90. The molecule has 0 aliphatic heterocycles. The van der Waals surface area contributed by atoms with Crippen LogP contribution in [0.1, 0.15) is 26.7 Å². The van der Waals surface area contributed by atoms with Crippen molar-refractivity contribution in [3.8, 4) is 0 Å². The number of anilines is 1. The quantitative estimate of drug-likeness (QED) is 0.693. The average Bonchev–Trinajstić information content (AvgIpc) is 2.19. The Morgan fingerprint density at radius 3 is 2.31 bits per heavy atom. The van der Waals surface area contributed by atoms with Crippen molar-refractivity contribution in [1.29, 1.82) is 0 Å². The van der Waals surface area contributed by atoms with Gasteiger partial charge in [0.15, 0.2) is 0 Å². The largest absolute Gasteiger partial charge is 0.370 e. The van der Waals surface area contributed by atoms with Gasteiger partial charge in [0.2, 0.25) is 0 Å². The summed E-state index contributed by atoms with van der Waals surface area (Å²) in [6.45, 7) is 6.58. The predicted molar refractivity (Wildman–Crippen MR) is 54.8 cm³/mol. The molecule has 1 aromatic rings. The fraction of sp³-hybridized carbons (Fsp3) is 0.600. The molecule has 0 atom stereocenters. The second-order valence-corrected chi connectivity index (χ2v) is 3.09. The van der Waals surface area contributed by atoms with Crippen LogP contribution in [0.15, 0.2) is 18.5 Å². The summed E-state index contributed by atoms with van der Waals surface area (Å²) in [7, 11) is 0. The molecular weight excluding hydrogens is 162 g/mol. The van der Waals surface area contributed by atoms with Crippen LogP contribution in [0, 0.1) is 0 Å². The lowest BCUT2D eigenvalue weighted by Gasteiger charge is -2.22. The van der Waals surface area contributed by atoms with Gasteiger partial charge in [-0.15, -0.1) is 0 Å². The maximum atomic E-state index is 3.88. The summed E-state index contributed by atoms with van der Waals surface area (Å²) in [6.07, 6.45) is 5.91. The van der Waals surface area contributed by atoms with Gasteiger partial charge in [0.1, 0.15) is 0 Å². The predicted octanol–water partition coefficient (Wildman–Crippen LogP) is 2.10. The Labute approximate surface area is 79.8 Å². The zero-order valence-corrected chi connectivity index (χ0v) is 8.40. The highest BCUT2D eigenvalue weighted by Gasteiger charge is 2.02. The van der Waals surface area contributed by atoms with Crippen LogP contribution in [0.3, 0.4) is 0 Å². The Hall–Kier alpha value is -1.12. The topological polar surface area (TPSA) is 29.0 Å². The van der Waals surface area contributed by atoms with E-state index in [1.165, 1.54) is 18.5 Å². The molecule has 0 saturated heterocycles. The molecule has 0 unspecified atom stereocenters. The number of hydrogen-bond acceptors (Lipinski definition) is 3. The van der Waals surface area contributed by atoms with E-state index in [-0.39, 0.29) is 0 Å². The Balaban J connectivity index is 2.64. The van der Waals surface area contributed by atoms with Crippen LogP contribution in [0.4, 0.5) is 5.69 Å². The lowest BCUT2D eigenvalue weighted by atomic mass is 10.3. The van der Waals surface area contributed by atoms with E-state index in [1.807, 2.05) is 12.3 Å². The van der Waals surface area contributed by atoms with Gasteiger partial charge in [0.05, 0.1) is 18.1 Å². The van der Waals surface area contributed by atoms with Crippen LogP contribution < -0.4 is 4.90 Å². The third kappa shape index (κ3) is 3.01.